The second-order valence-electron chi connectivity index (χ2n) is 4.85. The lowest BCUT2D eigenvalue weighted by atomic mass is 10.2. The molecule has 1 saturated carbocycles. The van der Waals surface area contributed by atoms with E-state index < -0.39 is 32.5 Å². The van der Waals surface area contributed by atoms with E-state index in [9.17, 15) is 17.6 Å². The maximum Gasteiger partial charge on any atom is 0.338 e. The summed E-state index contributed by atoms with van der Waals surface area (Å²) in [5, 5.41) is 5.01. The van der Waals surface area contributed by atoms with Gasteiger partial charge in [-0.05, 0) is 37.8 Å². The van der Waals surface area contributed by atoms with Gasteiger partial charge in [0.2, 0.25) is 10.0 Å². The number of rotatable bonds is 4. The molecule has 1 aromatic rings. The van der Waals surface area contributed by atoms with Crippen LogP contribution >= 0.6 is 0 Å². The molecule has 0 aromatic heterocycles. The third-order valence-electron chi connectivity index (χ3n) is 3.33. The van der Waals surface area contributed by atoms with Crippen molar-refractivity contribution in [3.63, 3.8) is 0 Å². The zero-order valence-corrected chi connectivity index (χ0v) is 12.3. The molecule has 0 amide bonds. The lowest BCUT2D eigenvalue weighted by Gasteiger charge is -2.13. The number of hydrogen-bond acceptors (Lipinski definition) is 5. The van der Waals surface area contributed by atoms with E-state index >= 15 is 0 Å². The van der Waals surface area contributed by atoms with Gasteiger partial charge < -0.3 is 9.47 Å². The quantitative estimate of drug-likeness (QED) is 0.851. The first kappa shape index (κ1) is 15.7. The summed E-state index contributed by atoms with van der Waals surface area (Å²) in [7, 11) is -3.11. The van der Waals surface area contributed by atoms with Crippen LogP contribution in [0.2, 0.25) is 0 Å². The van der Waals surface area contributed by atoms with Crippen LogP contribution in [-0.2, 0) is 14.8 Å². The standard InChI is InChI=1S/C13H16FNO5S/c1-19-12-10(14)6-8(7-11(12)21(15,17)18)13(16)20-9-4-2-3-5-9/h6-7,9H,2-5H2,1H3,(H2,15,17,18). The van der Waals surface area contributed by atoms with Crippen molar-refractivity contribution in [2.75, 3.05) is 7.11 Å². The molecule has 0 radical (unpaired) electrons. The zero-order chi connectivity index (χ0) is 15.6. The van der Waals surface area contributed by atoms with E-state index in [-0.39, 0.29) is 11.7 Å². The van der Waals surface area contributed by atoms with E-state index in [0.29, 0.717) is 0 Å². The SMILES string of the molecule is COc1c(F)cc(C(=O)OC2CCCC2)cc1S(N)(=O)=O. The van der Waals surface area contributed by atoms with Crippen molar-refractivity contribution in [2.24, 2.45) is 5.14 Å². The molecule has 0 aliphatic heterocycles. The number of halogens is 1. The van der Waals surface area contributed by atoms with Gasteiger partial charge in [0.05, 0.1) is 12.7 Å². The number of ether oxygens (including phenoxy) is 2. The van der Waals surface area contributed by atoms with Gasteiger partial charge in [0.15, 0.2) is 11.6 Å². The molecule has 1 aliphatic rings. The van der Waals surface area contributed by atoms with Crippen LogP contribution in [0.1, 0.15) is 36.0 Å². The number of hydrogen-bond donors (Lipinski definition) is 1. The molecule has 8 heteroatoms. The van der Waals surface area contributed by atoms with Crippen LogP contribution in [0.5, 0.6) is 5.75 Å². The Bertz CT molecular complexity index is 653. The topological polar surface area (TPSA) is 95.7 Å². The van der Waals surface area contributed by atoms with Crippen LogP contribution in [0, 0.1) is 5.82 Å². The minimum atomic E-state index is -4.22. The van der Waals surface area contributed by atoms with Gasteiger partial charge in [0.25, 0.3) is 0 Å². The second-order valence-corrected chi connectivity index (χ2v) is 6.38. The van der Waals surface area contributed by atoms with Crippen LogP contribution in [0.25, 0.3) is 0 Å². The second kappa shape index (κ2) is 5.98. The van der Waals surface area contributed by atoms with Gasteiger partial charge in [0, 0.05) is 0 Å². The maximum atomic E-state index is 13.9. The molecule has 1 fully saturated rings. The molecule has 0 unspecified atom stereocenters. The lowest BCUT2D eigenvalue weighted by molar-refractivity contribution is 0.0317. The van der Waals surface area contributed by atoms with Gasteiger partial charge >= 0.3 is 5.97 Å². The van der Waals surface area contributed by atoms with Gasteiger partial charge in [-0.15, -0.1) is 0 Å². The van der Waals surface area contributed by atoms with Crippen molar-refractivity contribution in [1.29, 1.82) is 0 Å². The maximum absolute atomic E-state index is 13.9. The molecule has 0 bridgehead atoms. The largest absolute Gasteiger partial charge is 0.492 e. The number of nitrogens with two attached hydrogens (primary N) is 1. The van der Waals surface area contributed by atoms with Crippen LogP contribution in [0.4, 0.5) is 4.39 Å². The third-order valence-corrected chi connectivity index (χ3v) is 4.25. The summed E-state index contributed by atoms with van der Waals surface area (Å²) >= 11 is 0. The first-order chi connectivity index (χ1) is 9.82. The molecule has 1 aliphatic carbocycles. The number of carbonyl (C=O) groups is 1. The molecule has 0 spiro atoms. The average Bonchev–Trinajstić information content (AvgIpc) is 2.89. The van der Waals surface area contributed by atoms with E-state index in [4.69, 9.17) is 9.88 Å². The van der Waals surface area contributed by atoms with Crippen molar-refractivity contribution in [3.8, 4) is 5.75 Å². The Morgan fingerprint density at radius 3 is 2.48 bits per heavy atom. The van der Waals surface area contributed by atoms with Gasteiger partial charge in [0.1, 0.15) is 11.0 Å². The highest BCUT2D eigenvalue weighted by molar-refractivity contribution is 7.89. The minimum absolute atomic E-state index is 0.204. The normalized spacial score (nSPS) is 16.0. The van der Waals surface area contributed by atoms with Crippen LogP contribution in [-0.4, -0.2) is 27.6 Å². The predicted octanol–water partition coefficient (Wildman–Crippen LogP) is 1.58. The monoisotopic (exact) mass is 317 g/mol. The van der Waals surface area contributed by atoms with E-state index in [2.05, 4.69) is 4.74 Å². The Morgan fingerprint density at radius 1 is 1.33 bits per heavy atom. The molecule has 0 saturated heterocycles. The Hall–Kier alpha value is -1.67. The highest BCUT2D eigenvalue weighted by Crippen LogP contribution is 2.29. The van der Waals surface area contributed by atoms with Crippen LogP contribution in [0.3, 0.4) is 0 Å². The van der Waals surface area contributed by atoms with Crippen molar-refractivity contribution in [3.05, 3.63) is 23.5 Å². The van der Waals surface area contributed by atoms with Gasteiger partial charge in [-0.25, -0.2) is 22.7 Å². The Balaban J connectivity index is 2.36. The number of sulfonamides is 1. The van der Waals surface area contributed by atoms with Crippen LogP contribution < -0.4 is 9.88 Å². The molecule has 116 valence electrons. The first-order valence-corrected chi connectivity index (χ1v) is 7.99. The van der Waals surface area contributed by atoms with Crippen molar-refractivity contribution < 1.29 is 27.1 Å². The molecule has 0 heterocycles. The number of carbonyl (C=O) groups excluding carboxylic acids is 1. The first-order valence-electron chi connectivity index (χ1n) is 6.44. The van der Waals surface area contributed by atoms with Crippen LogP contribution in [0.15, 0.2) is 17.0 Å². The third kappa shape index (κ3) is 3.51. The van der Waals surface area contributed by atoms with E-state index in [0.717, 1.165) is 44.9 Å². The molecule has 21 heavy (non-hydrogen) atoms. The van der Waals surface area contributed by atoms with Crippen molar-refractivity contribution in [1.82, 2.24) is 0 Å². The molecule has 2 N–H and O–H groups in total. The summed E-state index contributed by atoms with van der Waals surface area (Å²) in [5.74, 6) is -2.27. The number of benzene rings is 1. The Morgan fingerprint density at radius 2 is 1.95 bits per heavy atom. The molecule has 1 aromatic carbocycles. The van der Waals surface area contributed by atoms with Gasteiger partial charge in [-0.3, -0.25) is 0 Å². The molecule has 0 atom stereocenters. The summed E-state index contributed by atoms with van der Waals surface area (Å²) < 4.78 is 46.7. The smallest absolute Gasteiger partial charge is 0.338 e. The summed E-state index contributed by atoms with van der Waals surface area (Å²) in [5.41, 5.74) is -0.204. The lowest BCUT2D eigenvalue weighted by Crippen LogP contribution is -2.18. The highest BCUT2D eigenvalue weighted by atomic mass is 32.2. The van der Waals surface area contributed by atoms with Gasteiger partial charge in [-0.2, -0.15) is 0 Å². The number of primary sulfonamides is 1. The fourth-order valence-electron chi connectivity index (χ4n) is 2.32. The predicted molar refractivity (Wildman–Crippen MR) is 72.0 cm³/mol. The highest BCUT2D eigenvalue weighted by Gasteiger charge is 2.25. The van der Waals surface area contributed by atoms with Gasteiger partial charge in [-0.1, -0.05) is 0 Å². The Kier molecular flexibility index (Phi) is 4.48. The molecule has 2 rings (SSSR count). The molecular formula is C13H16FNO5S. The van der Waals surface area contributed by atoms with E-state index in [1.54, 1.807) is 0 Å². The number of esters is 1. The minimum Gasteiger partial charge on any atom is -0.492 e. The molecule has 6 nitrogen and oxygen atoms in total. The number of methoxy groups -OCH3 is 1. The summed E-state index contributed by atoms with van der Waals surface area (Å²) in [4.78, 5) is 11.4. The Labute approximate surface area is 122 Å². The fourth-order valence-corrected chi connectivity index (χ4v) is 3.05. The summed E-state index contributed by atoms with van der Waals surface area (Å²) in [6.07, 6.45) is 3.24. The molecular weight excluding hydrogens is 301 g/mol. The summed E-state index contributed by atoms with van der Waals surface area (Å²) in [6.45, 7) is 0. The van der Waals surface area contributed by atoms with Crippen molar-refractivity contribution >= 4 is 16.0 Å². The average molecular weight is 317 g/mol. The summed E-state index contributed by atoms with van der Waals surface area (Å²) in [6, 6.07) is 1.85. The fraction of sp³-hybridized carbons (Fsp3) is 0.462. The van der Waals surface area contributed by atoms with E-state index in [1.165, 1.54) is 0 Å². The zero-order valence-electron chi connectivity index (χ0n) is 11.5. The van der Waals surface area contributed by atoms with Crippen molar-refractivity contribution in [2.45, 2.75) is 36.7 Å². The van der Waals surface area contributed by atoms with E-state index in [1.807, 2.05) is 0 Å².